The maximum atomic E-state index is 11.5. The van der Waals surface area contributed by atoms with Crippen molar-refractivity contribution < 1.29 is 14.6 Å². The van der Waals surface area contributed by atoms with Crippen LogP contribution < -0.4 is 0 Å². The molecule has 0 aromatic heterocycles. The van der Waals surface area contributed by atoms with E-state index in [0.29, 0.717) is 13.0 Å². The van der Waals surface area contributed by atoms with Gasteiger partial charge < -0.3 is 9.84 Å². The molecule has 3 atom stereocenters. The molecule has 3 nitrogen and oxygen atoms in total. The van der Waals surface area contributed by atoms with Gasteiger partial charge in [-0.2, -0.15) is 0 Å². The number of aliphatic hydroxyl groups excluding tert-OH is 1. The Balaban J connectivity index is 2.81. The molecule has 1 aliphatic heterocycles. The van der Waals surface area contributed by atoms with Gasteiger partial charge in [0.15, 0.2) is 0 Å². The fraction of sp³-hybridized carbons (Fsp3) is 0.900. The number of ether oxygens (including phenoxy) is 1. The maximum Gasteiger partial charge on any atom is 0.314 e. The van der Waals surface area contributed by atoms with Gasteiger partial charge in [0.05, 0.1) is 18.1 Å². The summed E-state index contributed by atoms with van der Waals surface area (Å²) in [4.78, 5) is 11.5. The van der Waals surface area contributed by atoms with Gasteiger partial charge >= 0.3 is 5.97 Å². The molecular weight excluding hydrogens is 168 g/mol. The third kappa shape index (κ3) is 1.70. The van der Waals surface area contributed by atoms with Crippen molar-refractivity contribution in [1.82, 2.24) is 0 Å². The smallest absolute Gasteiger partial charge is 0.314 e. The number of esters is 1. The Labute approximate surface area is 79.1 Å². The molecule has 1 fully saturated rings. The maximum absolute atomic E-state index is 11.5. The molecule has 1 aliphatic rings. The highest BCUT2D eigenvalue weighted by Gasteiger charge is 2.47. The first-order valence-electron chi connectivity index (χ1n) is 4.87. The van der Waals surface area contributed by atoms with E-state index >= 15 is 0 Å². The van der Waals surface area contributed by atoms with Gasteiger partial charge in [-0.15, -0.1) is 0 Å². The molecule has 0 amide bonds. The van der Waals surface area contributed by atoms with Crippen molar-refractivity contribution in [2.45, 2.75) is 39.7 Å². The number of aliphatic hydroxyl groups is 1. The standard InChI is InChI=1S/C10H18O3/c1-4-5-10(3)8(11)7(2)6-13-9(10)12/h7-8,11H,4-6H2,1-3H3/t7-,8+,10-/m0/s1. The molecule has 0 radical (unpaired) electrons. The van der Waals surface area contributed by atoms with Crippen molar-refractivity contribution in [1.29, 1.82) is 0 Å². The Morgan fingerprint density at radius 2 is 2.31 bits per heavy atom. The van der Waals surface area contributed by atoms with Crippen LogP contribution in [0.5, 0.6) is 0 Å². The average molecular weight is 186 g/mol. The van der Waals surface area contributed by atoms with E-state index < -0.39 is 11.5 Å². The Hall–Kier alpha value is -0.570. The average Bonchev–Trinajstić information content (AvgIpc) is 2.10. The molecule has 0 bridgehead atoms. The van der Waals surface area contributed by atoms with Gasteiger partial charge in [0, 0.05) is 5.92 Å². The quantitative estimate of drug-likeness (QED) is 0.662. The van der Waals surface area contributed by atoms with Crippen LogP contribution in [0.15, 0.2) is 0 Å². The summed E-state index contributed by atoms with van der Waals surface area (Å²) in [5.41, 5.74) is -0.688. The number of rotatable bonds is 2. The summed E-state index contributed by atoms with van der Waals surface area (Å²) in [6.07, 6.45) is 1.01. The van der Waals surface area contributed by atoms with Crippen molar-refractivity contribution in [2.24, 2.45) is 11.3 Å². The highest BCUT2D eigenvalue weighted by molar-refractivity contribution is 5.78. The van der Waals surface area contributed by atoms with Crippen molar-refractivity contribution in [3.63, 3.8) is 0 Å². The zero-order chi connectivity index (χ0) is 10.1. The van der Waals surface area contributed by atoms with Crippen LogP contribution in [0, 0.1) is 11.3 Å². The van der Waals surface area contributed by atoms with Gasteiger partial charge in [-0.3, -0.25) is 4.79 Å². The molecular formula is C10H18O3. The molecule has 0 spiro atoms. The van der Waals surface area contributed by atoms with E-state index in [-0.39, 0.29) is 11.9 Å². The minimum atomic E-state index is -0.688. The van der Waals surface area contributed by atoms with Crippen LogP contribution in [0.4, 0.5) is 0 Å². The molecule has 1 rings (SSSR count). The normalized spacial score (nSPS) is 40.2. The number of cyclic esters (lactones) is 1. The molecule has 13 heavy (non-hydrogen) atoms. The Morgan fingerprint density at radius 3 is 2.85 bits per heavy atom. The minimum absolute atomic E-state index is 0.0502. The summed E-state index contributed by atoms with van der Waals surface area (Å²) in [5, 5.41) is 9.90. The predicted octanol–water partition coefficient (Wildman–Crippen LogP) is 1.35. The number of carbonyl (C=O) groups excluding carboxylic acids is 1. The van der Waals surface area contributed by atoms with Gasteiger partial charge in [-0.25, -0.2) is 0 Å². The topological polar surface area (TPSA) is 46.5 Å². The second-order valence-corrected chi connectivity index (χ2v) is 4.19. The van der Waals surface area contributed by atoms with Gasteiger partial charge in [0.25, 0.3) is 0 Å². The second kappa shape index (κ2) is 3.66. The highest BCUT2D eigenvalue weighted by Crippen LogP contribution is 2.36. The van der Waals surface area contributed by atoms with Crippen LogP contribution in [-0.2, 0) is 9.53 Å². The molecule has 3 heteroatoms. The summed E-state index contributed by atoms with van der Waals surface area (Å²) in [7, 11) is 0. The molecule has 1 saturated heterocycles. The summed E-state index contributed by atoms with van der Waals surface area (Å²) in [6, 6.07) is 0. The molecule has 1 heterocycles. The lowest BCUT2D eigenvalue weighted by Crippen LogP contribution is -2.50. The van der Waals surface area contributed by atoms with Crippen molar-refractivity contribution in [3.8, 4) is 0 Å². The van der Waals surface area contributed by atoms with Gasteiger partial charge in [-0.1, -0.05) is 20.3 Å². The van der Waals surface area contributed by atoms with Crippen molar-refractivity contribution >= 4 is 5.97 Å². The molecule has 0 aromatic rings. The number of carbonyl (C=O) groups is 1. The minimum Gasteiger partial charge on any atom is -0.465 e. The molecule has 0 unspecified atom stereocenters. The van der Waals surface area contributed by atoms with Crippen LogP contribution >= 0.6 is 0 Å². The lowest BCUT2D eigenvalue weighted by molar-refractivity contribution is -0.181. The van der Waals surface area contributed by atoms with Crippen LogP contribution in [0.2, 0.25) is 0 Å². The summed E-state index contributed by atoms with van der Waals surface area (Å²) >= 11 is 0. The van der Waals surface area contributed by atoms with E-state index in [0.717, 1.165) is 6.42 Å². The van der Waals surface area contributed by atoms with Crippen molar-refractivity contribution in [3.05, 3.63) is 0 Å². The number of hydrogen-bond donors (Lipinski definition) is 1. The molecule has 76 valence electrons. The van der Waals surface area contributed by atoms with Crippen LogP contribution in [0.1, 0.15) is 33.6 Å². The third-order valence-corrected chi connectivity index (χ3v) is 2.90. The van der Waals surface area contributed by atoms with E-state index in [9.17, 15) is 9.90 Å². The highest BCUT2D eigenvalue weighted by atomic mass is 16.5. The fourth-order valence-corrected chi connectivity index (χ4v) is 1.98. The zero-order valence-corrected chi connectivity index (χ0v) is 8.54. The van der Waals surface area contributed by atoms with Crippen molar-refractivity contribution in [2.75, 3.05) is 6.61 Å². The van der Waals surface area contributed by atoms with E-state index in [4.69, 9.17) is 4.74 Å². The lowest BCUT2D eigenvalue weighted by Gasteiger charge is -2.39. The molecule has 0 saturated carbocycles. The summed E-state index contributed by atoms with van der Waals surface area (Å²) in [5.74, 6) is -0.200. The lowest BCUT2D eigenvalue weighted by atomic mass is 9.74. The fourth-order valence-electron chi connectivity index (χ4n) is 1.98. The molecule has 1 N–H and O–H groups in total. The zero-order valence-electron chi connectivity index (χ0n) is 8.54. The van der Waals surface area contributed by atoms with Crippen LogP contribution in [0.25, 0.3) is 0 Å². The van der Waals surface area contributed by atoms with E-state index in [1.54, 1.807) is 6.92 Å². The second-order valence-electron chi connectivity index (χ2n) is 4.19. The van der Waals surface area contributed by atoms with E-state index in [1.165, 1.54) is 0 Å². The van der Waals surface area contributed by atoms with Gasteiger partial charge in [0.1, 0.15) is 0 Å². The number of hydrogen-bond acceptors (Lipinski definition) is 3. The van der Waals surface area contributed by atoms with Crippen LogP contribution in [0.3, 0.4) is 0 Å². The van der Waals surface area contributed by atoms with Crippen LogP contribution in [-0.4, -0.2) is 23.8 Å². The van der Waals surface area contributed by atoms with Gasteiger partial charge in [0.2, 0.25) is 0 Å². The predicted molar refractivity (Wildman–Crippen MR) is 49.1 cm³/mol. The van der Waals surface area contributed by atoms with E-state index in [1.807, 2.05) is 13.8 Å². The van der Waals surface area contributed by atoms with Gasteiger partial charge in [-0.05, 0) is 13.3 Å². The summed E-state index contributed by atoms with van der Waals surface area (Å²) in [6.45, 7) is 6.05. The Morgan fingerprint density at radius 1 is 1.69 bits per heavy atom. The SMILES string of the molecule is CCC[C@]1(C)C(=O)OC[C@H](C)[C@H]1O. The third-order valence-electron chi connectivity index (χ3n) is 2.90. The summed E-state index contributed by atoms with van der Waals surface area (Å²) < 4.78 is 5.03. The molecule has 0 aromatic carbocycles. The first kappa shape index (κ1) is 10.5. The molecule has 0 aliphatic carbocycles. The monoisotopic (exact) mass is 186 g/mol. The first-order valence-corrected chi connectivity index (χ1v) is 4.87. The van der Waals surface area contributed by atoms with E-state index in [2.05, 4.69) is 0 Å². The Kier molecular flexibility index (Phi) is 2.96. The largest absolute Gasteiger partial charge is 0.465 e. The first-order chi connectivity index (χ1) is 6.02. The Bertz CT molecular complexity index is 202.